The predicted molar refractivity (Wildman–Crippen MR) is 135 cm³/mol. The molecule has 3 aromatic rings. The van der Waals surface area contributed by atoms with Crippen molar-refractivity contribution in [2.24, 2.45) is 0 Å². The fourth-order valence-corrected chi connectivity index (χ4v) is 3.79. The van der Waals surface area contributed by atoms with Crippen molar-refractivity contribution in [3.05, 3.63) is 94.3 Å². The van der Waals surface area contributed by atoms with Gasteiger partial charge in [-0.25, -0.2) is 0 Å². The number of piperazine rings is 1. The summed E-state index contributed by atoms with van der Waals surface area (Å²) < 4.78 is 9.99. The van der Waals surface area contributed by atoms with Crippen LogP contribution in [0.3, 0.4) is 0 Å². The summed E-state index contributed by atoms with van der Waals surface area (Å²) in [5.41, 5.74) is 1.90. The van der Waals surface area contributed by atoms with E-state index in [0.29, 0.717) is 43.2 Å². The summed E-state index contributed by atoms with van der Waals surface area (Å²) >= 11 is 0. The second kappa shape index (κ2) is 11.2. The van der Waals surface area contributed by atoms with Crippen molar-refractivity contribution in [1.29, 1.82) is 0 Å². The summed E-state index contributed by atoms with van der Waals surface area (Å²) in [7, 11) is 1.55. The minimum absolute atomic E-state index is 0.156. The van der Waals surface area contributed by atoms with Gasteiger partial charge in [0.2, 0.25) is 5.91 Å². The Bertz CT molecular complexity index is 1320. The Morgan fingerprint density at radius 3 is 2.22 bits per heavy atom. The molecule has 11 nitrogen and oxygen atoms in total. The van der Waals surface area contributed by atoms with Gasteiger partial charge in [0.15, 0.2) is 11.5 Å². The smallest absolute Gasteiger partial charge is 0.433 e. The van der Waals surface area contributed by atoms with E-state index < -0.39 is 16.7 Å². The van der Waals surface area contributed by atoms with Gasteiger partial charge in [0.1, 0.15) is 10.7 Å². The SMILES string of the molecule is COc1ccc(C(=O)/C=C/C(=O)N2CCN(c3ccc(NC(=O)c4ccc([N+](=O)[O-])o4)cc3)CC2)cc1. The summed E-state index contributed by atoms with van der Waals surface area (Å²) in [6.07, 6.45) is 2.58. The van der Waals surface area contributed by atoms with E-state index in [4.69, 9.17) is 9.15 Å². The minimum Gasteiger partial charge on any atom is -0.497 e. The summed E-state index contributed by atoms with van der Waals surface area (Å²) in [5, 5.41) is 13.3. The number of nitro groups is 1. The van der Waals surface area contributed by atoms with Gasteiger partial charge in [-0.15, -0.1) is 0 Å². The zero-order chi connectivity index (χ0) is 26.4. The summed E-state index contributed by atoms with van der Waals surface area (Å²) in [6.45, 7) is 2.20. The lowest BCUT2D eigenvalue weighted by molar-refractivity contribution is -0.402. The molecule has 0 spiro atoms. The van der Waals surface area contributed by atoms with E-state index in [2.05, 4.69) is 10.2 Å². The average Bonchev–Trinajstić information content (AvgIpc) is 3.43. The molecule has 2 amide bonds. The molecule has 1 aliphatic rings. The number of rotatable bonds is 8. The van der Waals surface area contributed by atoms with Crippen molar-refractivity contribution >= 4 is 34.9 Å². The second-order valence-corrected chi connectivity index (χ2v) is 8.13. The largest absolute Gasteiger partial charge is 0.497 e. The fraction of sp³-hybridized carbons (Fsp3) is 0.192. The van der Waals surface area contributed by atoms with Crippen molar-refractivity contribution in [3.63, 3.8) is 0 Å². The second-order valence-electron chi connectivity index (χ2n) is 8.13. The molecule has 1 aliphatic heterocycles. The number of hydrogen-bond acceptors (Lipinski definition) is 8. The van der Waals surface area contributed by atoms with Crippen LogP contribution in [0, 0.1) is 10.1 Å². The van der Waals surface area contributed by atoms with E-state index in [1.165, 1.54) is 18.2 Å². The Morgan fingerprint density at radius 1 is 0.946 bits per heavy atom. The van der Waals surface area contributed by atoms with Crippen molar-refractivity contribution in [2.45, 2.75) is 0 Å². The molecular formula is C26H24N4O7. The van der Waals surface area contributed by atoms with Crippen LogP contribution >= 0.6 is 0 Å². The van der Waals surface area contributed by atoms with Crippen molar-refractivity contribution in [2.75, 3.05) is 43.5 Å². The van der Waals surface area contributed by atoms with E-state index >= 15 is 0 Å². The number of furan rings is 1. The third-order valence-corrected chi connectivity index (χ3v) is 5.83. The Hall–Kier alpha value is -4.93. The van der Waals surface area contributed by atoms with Crippen LogP contribution in [0.2, 0.25) is 0 Å². The number of carbonyl (C=O) groups is 3. The third-order valence-electron chi connectivity index (χ3n) is 5.83. The van der Waals surface area contributed by atoms with Gasteiger partial charge in [-0.2, -0.15) is 0 Å². The highest BCUT2D eigenvalue weighted by Crippen LogP contribution is 2.21. The Morgan fingerprint density at radius 2 is 1.62 bits per heavy atom. The molecule has 4 rings (SSSR count). The predicted octanol–water partition coefficient (Wildman–Crippen LogP) is 3.54. The summed E-state index contributed by atoms with van der Waals surface area (Å²) in [5.74, 6) is -1.08. The van der Waals surface area contributed by atoms with Gasteiger partial charge in [0.05, 0.1) is 13.2 Å². The molecule has 0 aliphatic carbocycles. The fourth-order valence-electron chi connectivity index (χ4n) is 3.79. The number of benzene rings is 2. The molecule has 1 aromatic heterocycles. The first-order chi connectivity index (χ1) is 17.8. The first-order valence-corrected chi connectivity index (χ1v) is 11.4. The van der Waals surface area contributed by atoms with E-state index in [0.717, 1.165) is 11.8 Å². The number of anilines is 2. The van der Waals surface area contributed by atoms with Crippen LogP contribution in [-0.2, 0) is 4.79 Å². The molecule has 1 saturated heterocycles. The molecule has 2 heterocycles. The molecule has 1 N–H and O–H groups in total. The monoisotopic (exact) mass is 504 g/mol. The van der Waals surface area contributed by atoms with Crippen LogP contribution in [0.15, 0.2) is 77.2 Å². The zero-order valence-corrected chi connectivity index (χ0v) is 20.0. The Balaban J connectivity index is 1.27. The van der Waals surface area contributed by atoms with Gasteiger partial charge in [0, 0.05) is 49.2 Å². The van der Waals surface area contributed by atoms with Gasteiger partial charge in [-0.05, 0) is 60.7 Å². The van der Waals surface area contributed by atoms with Gasteiger partial charge < -0.3 is 24.3 Å². The maximum absolute atomic E-state index is 12.5. The summed E-state index contributed by atoms with van der Waals surface area (Å²) in [4.78, 5) is 50.9. The third kappa shape index (κ3) is 6.20. The Kier molecular flexibility index (Phi) is 7.62. The number of ether oxygens (including phenoxy) is 1. The average molecular weight is 504 g/mol. The molecular weight excluding hydrogens is 480 g/mol. The van der Waals surface area contributed by atoms with Gasteiger partial charge >= 0.3 is 5.88 Å². The Labute approximate surface area is 212 Å². The summed E-state index contributed by atoms with van der Waals surface area (Å²) in [6, 6.07) is 16.2. The highest BCUT2D eigenvalue weighted by atomic mass is 16.6. The van der Waals surface area contributed by atoms with Gasteiger partial charge in [0.25, 0.3) is 5.91 Å². The van der Waals surface area contributed by atoms with Crippen molar-refractivity contribution in [3.8, 4) is 5.75 Å². The maximum atomic E-state index is 12.5. The van der Waals surface area contributed by atoms with E-state index in [1.54, 1.807) is 48.4 Å². The first kappa shape index (κ1) is 25.2. The molecule has 0 atom stereocenters. The van der Waals surface area contributed by atoms with Crippen molar-refractivity contribution < 1.29 is 28.5 Å². The quantitative estimate of drug-likeness (QED) is 0.213. The van der Waals surface area contributed by atoms with Gasteiger partial charge in [-0.1, -0.05) is 0 Å². The van der Waals surface area contributed by atoms with Crippen LogP contribution in [-0.4, -0.2) is 60.7 Å². The maximum Gasteiger partial charge on any atom is 0.433 e. The molecule has 190 valence electrons. The molecule has 2 aromatic carbocycles. The molecule has 37 heavy (non-hydrogen) atoms. The number of nitrogens with one attached hydrogen (secondary N) is 1. The molecule has 0 saturated carbocycles. The van der Waals surface area contributed by atoms with E-state index in [1.807, 2.05) is 12.1 Å². The van der Waals surface area contributed by atoms with Crippen LogP contribution in [0.1, 0.15) is 20.9 Å². The van der Waals surface area contributed by atoms with Gasteiger partial charge in [-0.3, -0.25) is 24.5 Å². The number of nitrogens with zero attached hydrogens (tertiary/aromatic N) is 3. The van der Waals surface area contributed by atoms with E-state index in [9.17, 15) is 24.5 Å². The topological polar surface area (TPSA) is 135 Å². The number of hydrogen-bond donors (Lipinski definition) is 1. The molecule has 0 unspecified atom stereocenters. The zero-order valence-electron chi connectivity index (χ0n) is 20.0. The number of amides is 2. The molecule has 1 fully saturated rings. The van der Waals surface area contributed by atoms with Crippen LogP contribution in [0.4, 0.5) is 17.3 Å². The first-order valence-electron chi connectivity index (χ1n) is 11.4. The highest BCUT2D eigenvalue weighted by Gasteiger charge is 2.21. The van der Waals surface area contributed by atoms with E-state index in [-0.39, 0.29) is 17.5 Å². The number of methoxy groups -OCH3 is 1. The lowest BCUT2D eigenvalue weighted by Gasteiger charge is -2.35. The molecule has 0 radical (unpaired) electrons. The lowest BCUT2D eigenvalue weighted by Crippen LogP contribution is -2.48. The molecule has 0 bridgehead atoms. The van der Waals surface area contributed by atoms with Crippen LogP contribution in [0.5, 0.6) is 5.75 Å². The lowest BCUT2D eigenvalue weighted by atomic mass is 10.1. The van der Waals surface area contributed by atoms with Crippen molar-refractivity contribution in [1.82, 2.24) is 4.90 Å². The number of allylic oxidation sites excluding steroid dienone is 1. The number of ketones is 1. The van der Waals surface area contributed by atoms with Crippen LogP contribution in [0.25, 0.3) is 0 Å². The minimum atomic E-state index is -0.711. The highest BCUT2D eigenvalue weighted by molar-refractivity contribution is 6.07. The standard InChI is InChI=1S/C26H24N4O7/c1-36-21-8-2-18(3-9-21)22(31)10-12-24(32)29-16-14-28(15-17-29)20-6-4-19(5-7-20)27-26(33)23-11-13-25(37-23)30(34)35/h2-13H,14-17H2,1H3,(H,27,33)/b12-10+. The molecule has 11 heteroatoms. The normalized spacial score (nSPS) is 13.4. The van der Waals surface area contributed by atoms with Crippen LogP contribution < -0.4 is 15.0 Å². The number of carbonyl (C=O) groups excluding carboxylic acids is 3.